The molecule has 1 atom stereocenters. The summed E-state index contributed by atoms with van der Waals surface area (Å²) < 4.78 is 7.42. The topological polar surface area (TPSA) is 139 Å². The van der Waals surface area contributed by atoms with Gasteiger partial charge in [-0.15, -0.1) is 0 Å². The van der Waals surface area contributed by atoms with E-state index >= 15 is 0 Å². The van der Waals surface area contributed by atoms with E-state index in [1.165, 1.54) is 5.56 Å². The molecule has 0 spiro atoms. The van der Waals surface area contributed by atoms with Crippen molar-refractivity contribution in [1.29, 1.82) is 0 Å². The van der Waals surface area contributed by atoms with Crippen LogP contribution in [0, 0.1) is 5.92 Å². The van der Waals surface area contributed by atoms with Gasteiger partial charge in [-0.1, -0.05) is 36.4 Å². The zero-order valence-electron chi connectivity index (χ0n) is 25.4. The predicted molar refractivity (Wildman–Crippen MR) is 171 cm³/mol. The minimum Gasteiger partial charge on any atom is -0.410 e. The molecule has 0 bridgehead atoms. The van der Waals surface area contributed by atoms with E-state index < -0.39 is 6.09 Å². The van der Waals surface area contributed by atoms with Crippen LogP contribution >= 0.6 is 0 Å². The predicted octanol–water partition coefficient (Wildman–Crippen LogP) is 3.94. The van der Waals surface area contributed by atoms with Crippen molar-refractivity contribution in [2.45, 2.75) is 31.8 Å². The van der Waals surface area contributed by atoms with Crippen LogP contribution < -0.4 is 15.8 Å². The Kier molecular flexibility index (Phi) is 9.08. The summed E-state index contributed by atoms with van der Waals surface area (Å²) >= 11 is 0. The third kappa shape index (κ3) is 7.33. The number of anilines is 1. The summed E-state index contributed by atoms with van der Waals surface area (Å²) in [7, 11) is 1.82. The zero-order chi connectivity index (χ0) is 31.3. The maximum Gasteiger partial charge on any atom is 0.415 e. The largest absolute Gasteiger partial charge is 0.415 e. The van der Waals surface area contributed by atoms with Gasteiger partial charge in [0.05, 0.1) is 11.8 Å². The Hall–Kier alpha value is -4.74. The van der Waals surface area contributed by atoms with Crippen LogP contribution in [0.25, 0.3) is 22.3 Å². The summed E-state index contributed by atoms with van der Waals surface area (Å²) in [5, 5.41) is 16.5. The molecule has 11 nitrogen and oxygen atoms in total. The van der Waals surface area contributed by atoms with Crippen LogP contribution in [0.5, 0.6) is 5.75 Å². The number of nitrogens with two attached hydrogens (primary N) is 1. The number of likely N-dealkylation sites (tertiary alicyclic amines) is 2. The molecule has 11 heteroatoms. The number of nitrogens with one attached hydrogen (secondary N) is 1. The van der Waals surface area contributed by atoms with E-state index in [-0.39, 0.29) is 29.9 Å². The molecule has 234 valence electrons. The van der Waals surface area contributed by atoms with Gasteiger partial charge in [0.2, 0.25) is 0 Å². The van der Waals surface area contributed by atoms with Crippen molar-refractivity contribution in [3.05, 3.63) is 84.3 Å². The monoisotopic (exact) mass is 609 g/mol. The Labute approximate surface area is 262 Å². The number of nitrogen functional groups attached to an aromatic ring is 1. The van der Waals surface area contributed by atoms with Gasteiger partial charge in [-0.05, 0) is 73.2 Å². The van der Waals surface area contributed by atoms with Gasteiger partial charge in [0.1, 0.15) is 11.6 Å². The second-order valence-electron chi connectivity index (χ2n) is 12.0. The molecular formula is C34H39N7O4. The van der Waals surface area contributed by atoms with E-state index in [1.807, 2.05) is 31.4 Å². The Bertz CT molecular complexity index is 1650. The number of amides is 2. The number of aliphatic hydroxyl groups excluding tert-OH is 1. The van der Waals surface area contributed by atoms with Gasteiger partial charge in [-0.25, -0.2) is 9.78 Å². The number of aryl methyl sites for hydroxylation is 1. The van der Waals surface area contributed by atoms with Crippen LogP contribution in [0.15, 0.2) is 73.2 Å². The van der Waals surface area contributed by atoms with Gasteiger partial charge in [-0.2, -0.15) is 5.10 Å². The smallest absolute Gasteiger partial charge is 0.410 e. The van der Waals surface area contributed by atoms with Crippen molar-refractivity contribution in [2.75, 3.05) is 38.5 Å². The lowest BCUT2D eigenvalue weighted by atomic mass is 9.97. The molecule has 45 heavy (non-hydrogen) atoms. The molecule has 2 aromatic heterocycles. The maximum absolute atomic E-state index is 13.1. The van der Waals surface area contributed by atoms with E-state index in [1.54, 1.807) is 34.1 Å². The fourth-order valence-electron chi connectivity index (χ4n) is 5.98. The lowest BCUT2D eigenvalue weighted by Gasteiger charge is -2.31. The summed E-state index contributed by atoms with van der Waals surface area (Å²) in [5.74, 6) is 0.702. The lowest BCUT2D eigenvalue weighted by molar-refractivity contribution is 0.0937. The molecule has 2 aliphatic heterocycles. The number of hydrogen-bond donors (Lipinski definition) is 3. The molecule has 4 aromatic rings. The summed E-state index contributed by atoms with van der Waals surface area (Å²) in [4.78, 5) is 34.4. The standard InChI is InChI=1S/C34H39N7O4/c1-39-20-28(18-37-39)27-16-31(32(35)36-17-27)33(43)38-29-11-14-41(21-29)34(44)45-30-4-2-3-26(15-30)25-7-5-23(6-8-25)19-40-12-9-24(22-42)10-13-40/h2-8,15-18,20,24,29,42H,9-14,19,21-22H2,1H3,(H2,35,36)(H,38,43)/t29-/m1/s1. The lowest BCUT2D eigenvalue weighted by Crippen LogP contribution is -2.39. The van der Waals surface area contributed by atoms with Gasteiger partial charge < -0.3 is 25.8 Å². The Morgan fingerprint density at radius 1 is 0.978 bits per heavy atom. The molecule has 2 aliphatic rings. The third-order valence-electron chi connectivity index (χ3n) is 8.68. The van der Waals surface area contributed by atoms with E-state index in [9.17, 15) is 14.7 Å². The SMILES string of the molecule is Cn1cc(-c2cnc(N)c(C(=O)N[C@@H]3CCN(C(=O)Oc4cccc(-c5ccc(CN6CCC(CO)CC6)cc5)c4)C3)c2)cn1. The van der Waals surface area contributed by atoms with E-state index in [0.717, 1.165) is 54.7 Å². The number of benzene rings is 2. The highest BCUT2D eigenvalue weighted by Crippen LogP contribution is 2.27. The van der Waals surface area contributed by atoms with Crippen LogP contribution in [0.4, 0.5) is 10.6 Å². The highest BCUT2D eigenvalue weighted by molar-refractivity contribution is 5.99. The zero-order valence-corrected chi connectivity index (χ0v) is 25.4. The molecule has 6 rings (SSSR count). The molecule has 2 saturated heterocycles. The normalized spacial score (nSPS) is 17.4. The van der Waals surface area contributed by atoms with Gasteiger partial charge in [0.25, 0.3) is 5.91 Å². The number of ether oxygens (including phenoxy) is 1. The summed E-state index contributed by atoms with van der Waals surface area (Å²) in [5.41, 5.74) is 11.1. The average Bonchev–Trinajstić information content (AvgIpc) is 3.71. The Morgan fingerprint density at radius 3 is 2.51 bits per heavy atom. The number of carbonyl (C=O) groups is 2. The first kappa shape index (κ1) is 30.3. The quantitative estimate of drug-likeness (QED) is 0.273. The van der Waals surface area contributed by atoms with Crippen LogP contribution in [0.3, 0.4) is 0 Å². The van der Waals surface area contributed by atoms with E-state index in [2.05, 4.69) is 44.6 Å². The highest BCUT2D eigenvalue weighted by atomic mass is 16.6. The first-order valence-electron chi connectivity index (χ1n) is 15.4. The Morgan fingerprint density at radius 2 is 1.78 bits per heavy atom. The first-order chi connectivity index (χ1) is 21.8. The second kappa shape index (κ2) is 13.5. The number of rotatable bonds is 8. The summed E-state index contributed by atoms with van der Waals surface area (Å²) in [6, 6.07) is 17.5. The van der Waals surface area contributed by atoms with Gasteiger partial charge >= 0.3 is 6.09 Å². The van der Waals surface area contributed by atoms with E-state index in [0.29, 0.717) is 31.2 Å². The van der Waals surface area contributed by atoms with Gasteiger partial charge in [0.15, 0.2) is 0 Å². The van der Waals surface area contributed by atoms with Crippen molar-refractivity contribution < 1.29 is 19.4 Å². The van der Waals surface area contributed by atoms with Crippen molar-refractivity contribution in [1.82, 2.24) is 29.9 Å². The Balaban J connectivity index is 1.02. The second-order valence-corrected chi connectivity index (χ2v) is 12.0. The van der Waals surface area contributed by atoms with Crippen LogP contribution in [-0.2, 0) is 13.6 Å². The first-order valence-corrected chi connectivity index (χ1v) is 15.4. The van der Waals surface area contributed by atoms with Crippen molar-refractivity contribution >= 4 is 17.8 Å². The number of aliphatic hydroxyl groups is 1. The molecule has 2 amide bonds. The maximum atomic E-state index is 13.1. The number of piperidine rings is 1. The fourth-order valence-corrected chi connectivity index (χ4v) is 5.98. The van der Waals surface area contributed by atoms with Gasteiger partial charge in [0, 0.05) is 62.9 Å². The van der Waals surface area contributed by atoms with Gasteiger partial charge in [-0.3, -0.25) is 14.4 Å². The van der Waals surface area contributed by atoms with Crippen LogP contribution in [0.1, 0.15) is 35.2 Å². The molecular weight excluding hydrogens is 570 g/mol. The van der Waals surface area contributed by atoms with E-state index in [4.69, 9.17) is 10.5 Å². The van der Waals surface area contributed by atoms with Crippen molar-refractivity contribution in [3.63, 3.8) is 0 Å². The summed E-state index contributed by atoms with van der Waals surface area (Å²) in [6.45, 7) is 4.00. The third-order valence-corrected chi connectivity index (χ3v) is 8.68. The molecule has 2 aromatic carbocycles. The number of hydrogen-bond acceptors (Lipinski definition) is 8. The van der Waals surface area contributed by atoms with Crippen LogP contribution in [0.2, 0.25) is 0 Å². The number of nitrogens with zero attached hydrogens (tertiary/aromatic N) is 5. The molecule has 4 heterocycles. The minimum atomic E-state index is -0.455. The molecule has 0 unspecified atom stereocenters. The number of aromatic nitrogens is 3. The minimum absolute atomic E-state index is 0.142. The molecule has 2 fully saturated rings. The summed E-state index contributed by atoms with van der Waals surface area (Å²) in [6.07, 6.45) is 7.39. The number of carbonyl (C=O) groups excluding carboxylic acids is 2. The fraction of sp³-hybridized carbons (Fsp3) is 0.353. The van der Waals surface area contributed by atoms with Crippen molar-refractivity contribution in [3.8, 4) is 28.0 Å². The molecule has 0 radical (unpaired) electrons. The average molecular weight is 610 g/mol. The number of pyridine rings is 1. The highest BCUT2D eigenvalue weighted by Gasteiger charge is 2.29. The molecule has 0 aliphatic carbocycles. The van der Waals surface area contributed by atoms with Crippen LogP contribution in [-0.4, -0.2) is 80.5 Å². The molecule has 0 saturated carbocycles. The van der Waals surface area contributed by atoms with Crippen molar-refractivity contribution in [2.24, 2.45) is 13.0 Å². The molecule has 4 N–H and O–H groups in total.